The van der Waals surface area contributed by atoms with Crippen molar-refractivity contribution in [2.75, 3.05) is 39.6 Å². The minimum Gasteiger partial charge on any atom is -0.477 e. The zero-order valence-corrected chi connectivity index (χ0v) is 18.4. The van der Waals surface area contributed by atoms with Crippen LogP contribution in [0.2, 0.25) is 0 Å². The fourth-order valence-electron chi connectivity index (χ4n) is 4.04. The molecule has 1 saturated heterocycles. The second kappa shape index (κ2) is 8.32. The van der Waals surface area contributed by atoms with E-state index in [1.807, 2.05) is 30.9 Å². The van der Waals surface area contributed by atoms with Gasteiger partial charge in [0.1, 0.15) is 11.2 Å². The first-order valence-electron chi connectivity index (χ1n) is 10.4. The maximum Gasteiger partial charge on any atom is 0.264 e. The lowest BCUT2D eigenvalue weighted by Crippen LogP contribution is -2.48. The summed E-state index contributed by atoms with van der Waals surface area (Å²) in [5, 5.41) is 0.846. The van der Waals surface area contributed by atoms with Gasteiger partial charge in [-0.1, -0.05) is 6.07 Å². The predicted octanol–water partition coefficient (Wildman–Crippen LogP) is 3.09. The van der Waals surface area contributed by atoms with Crippen LogP contribution >= 0.6 is 11.3 Å². The number of thiophene rings is 1. The Labute approximate surface area is 184 Å². The number of carbonyl (C=O) groups excluding carboxylic acids is 1. The normalized spacial score (nSPS) is 16.1. The van der Waals surface area contributed by atoms with Crippen molar-refractivity contribution in [1.82, 2.24) is 19.8 Å². The molecule has 4 heterocycles. The second-order valence-electron chi connectivity index (χ2n) is 7.60. The maximum atomic E-state index is 13.3. The van der Waals surface area contributed by atoms with Crippen molar-refractivity contribution in [3.8, 4) is 17.4 Å². The number of hydrogen-bond acceptors (Lipinski definition) is 8. The van der Waals surface area contributed by atoms with E-state index in [2.05, 4.69) is 20.9 Å². The smallest absolute Gasteiger partial charge is 0.264 e. The van der Waals surface area contributed by atoms with Gasteiger partial charge in [-0.05, 0) is 37.1 Å². The number of rotatable bonds is 5. The monoisotopic (exact) mass is 440 g/mol. The molecular weight excluding hydrogens is 416 g/mol. The van der Waals surface area contributed by atoms with Crippen LogP contribution in [0.1, 0.15) is 27.7 Å². The highest BCUT2D eigenvalue weighted by Gasteiger charge is 2.27. The number of nitrogens with zero attached hydrogens (tertiary/aromatic N) is 4. The molecule has 1 fully saturated rings. The summed E-state index contributed by atoms with van der Waals surface area (Å²) in [6.45, 7) is 8.56. The van der Waals surface area contributed by atoms with Gasteiger partial charge in [0.05, 0.1) is 16.9 Å². The van der Waals surface area contributed by atoms with Gasteiger partial charge in [0.25, 0.3) is 5.91 Å². The van der Waals surface area contributed by atoms with Gasteiger partial charge in [0, 0.05) is 32.7 Å². The van der Waals surface area contributed by atoms with Crippen LogP contribution in [-0.4, -0.2) is 65.3 Å². The van der Waals surface area contributed by atoms with Gasteiger partial charge < -0.3 is 19.1 Å². The molecule has 162 valence electrons. The summed E-state index contributed by atoms with van der Waals surface area (Å²) in [6.07, 6.45) is 1.49. The molecule has 0 saturated carbocycles. The van der Waals surface area contributed by atoms with Gasteiger partial charge >= 0.3 is 0 Å². The summed E-state index contributed by atoms with van der Waals surface area (Å²) in [6, 6.07) is 6.07. The number of amides is 1. The molecule has 0 N–H and O–H groups in total. The molecule has 0 spiro atoms. The first kappa shape index (κ1) is 20.0. The van der Waals surface area contributed by atoms with Crippen molar-refractivity contribution in [2.45, 2.75) is 20.4 Å². The second-order valence-corrected chi connectivity index (χ2v) is 8.60. The highest BCUT2D eigenvalue weighted by atomic mass is 32.1. The molecule has 0 unspecified atom stereocenters. The first-order chi connectivity index (χ1) is 15.1. The highest BCUT2D eigenvalue weighted by molar-refractivity contribution is 7.20. The van der Waals surface area contributed by atoms with E-state index in [-0.39, 0.29) is 12.7 Å². The average molecular weight is 441 g/mol. The van der Waals surface area contributed by atoms with Crippen molar-refractivity contribution < 1.29 is 19.0 Å². The number of aromatic nitrogens is 2. The lowest BCUT2D eigenvalue weighted by Gasteiger charge is -2.34. The van der Waals surface area contributed by atoms with E-state index in [1.54, 1.807) is 0 Å². The number of aryl methyl sites for hydroxylation is 1. The van der Waals surface area contributed by atoms with Crippen LogP contribution in [0, 0.1) is 6.92 Å². The molecule has 2 aliphatic heterocycles. The number of piperazine rings is 1. The number of carbonyl (C=O) groups is 1. The Bertz CT molecular complexity index is 1120. The maximum absolute atomic E-state index is 13.3. The van der Waals surface area contributed by atoms with E-state index in [4.69, 9.17) is 14.2 Å². The third-order valence-electron chi connectivity index (χ3n) is 5.67. The van der Waals surface area contributed by atoms with Crippen molar-refractivity contribution in [3.63, 3.8) is 0 Å². The molecule has 1 amide bonds. The van der Waals surface area contributed by atoms with E-state index in [0.29, 0.717) is 25.6 Å². The van der Waals surface area contributed by atoms with E-state index >= 15 is 0 Å². The van der Waals surface area contributed by atoms with Crippen molar-refractivity contribution >= 4 is 27.5 Å². The summed E-state index contributed by atoms with van der Waals surface area (Å²) in [7, 11) is 0. The number of ether oxygens (including phenoxy) is 3. The topological polar surface area (TPSA) is 77.0 Å². The summed E-state index contributed by atoms with van der Waals surface area (Å²) in [4.78, 5) is 27.6. The van der Waals surface area contributed by atoms with Crippen molar-refractivity contribution in [2.24, 2.45) is 0 Å². The largest absolute Gasteiger partial charge is 0.477 e. The fourth-order valence-corrected chi connectivity index (χ4v) is 5.15. The van der Waals surface area contributed by atoms with Crippen molar-refractivity contribution in [3.05, 3.63) is 40.5 Å². The highest BCUT2D eigenvalue weighted by Crippen LogP contribution is 2.35. The lowest BCUT2D eigenvalue weighted by molar-refractivity contribution is 0.0632. The van der Waals surface area contributed by atoms with Gasteiger partial charge in [-0.2, -0.15) is 0 Å². The minimum atomic E-state index is 0.0608. The molecule has 0 bridgehead atoms. The Morgan fingerprint density at radius 3 is 2.77 bits per heavy atom. The van der Waals surface area contributed by atoms with Crippen LogP contribution in [-0.2, 0) is 6.54 Å². The number of fused-ring (bicyclic) bond motifs is 2. The number of benzene rings is 1. The van der Waals surface area contributed by atoms with Crippen LogP contribution in [0.5, 0.6) is 17.4 Å². The minimum absolute atomic E-state index is 0.0608. The molecule has 2 aromatic heterocycles. The van der Waals surface area contributed by atoms with Crippen molar-refractivity contribution in [1.29, 1.82) is 0 Å². The molecule has 1 aromatic carbocycles. The van der Waals surface area contributed by atoms with E-state index in [9.17, 15) is 4.79 Å². The molecule has 9 heteroatoms. The molecule has 5 rings (SSSR count). The van der Waals surface area contributed by atoms with Gasteiger partial charge in [-0.3, -0.25) is 9.69 Å². The standard InChI is InChI=1S/C22H24N4O4S/c1-3-28-20-18-14(2)19(31-21(18)24-12-23-20)22(27)26-8-6-25(7-9-26)11-15-4-5-16-17(10-15)30-13-29-16/h4-5,10,12H,3,6-9,11,13H2,1-2H3. The van der Waals surface area contributed by atoms with E-state index in [0.717, 1.165) is 51.8 Å². The molecule has 2 aliphatic rings. The Kier molecular flexibility index (Phi) is 5.37. The van der Waals surface area contributed by atoms with Gasteiger partial charge in [0.2, 0.25) is 12.7 Å². The summed E-state index contributed by atoms with van der Waals surface area (Å²) in [5.41, 5.74) is 2.09. The quantitative estimate of drug-likeness (QED) is 0.603. The summed E-state index contributed by atoms with van der Waals surface area (Å²) in [5.74, 6) is 2.22. The predicted molar refractivity (Wildman–Crippen MR) is 117 cm³/mol. The number of hydrogen-bond donors (Lipinski definition) is 0. The molecule has 0 radical (unpaired) electrons. The molecule has 8 nitrogen and oxygen atoms in total. The van der Waals surface area contributed by atoms with Crippen LogP contribution < -0.4 is 14.2 Å². The SMILES string of the molecule is CCOc1ncnc2sc(C(=O)N3CCN(Cc4ccc5c(c4)OCO5)CC3)c(C)c12. The summed E-state index contributed by atoms with van der Waals surface area (Å²) >= 11 is 1.42. The molecular formula is C22H24N4O4S. The molecule has 0 atom stereocenters. The van der Waals surface area contributed by atoms with E-state index in [1.165, 1.54) is 23.2 Å². The molecule has 3 aromatic rings. The Morgan fingerprint density at radius 1 is 1.16 bits per heavy atom. The Balaban J connectivity index is 1.26. The van der Waals surface area contributed by atoms with Crippen LogP contribution in [0.4, 0.5) is 0 Å². The zero-order valence-electron chi connectivity index (χ0n) is 17.6. The van der Waals surface area contributed by atoms with E-state index < -0.39 is 0 Å². The fraction of sp³-hybridized carbons (Fsp3) is 0.409. The van der Waals surface area contributed by atoms with Crippen LogP contribution in [0.15, 0.2) is 24.5 Å². The third-order valence-corrected chi connectivity index (χ3v) is 6.86. The van der Waals surface area contributed by atoms with Gasteiger partial charge in [-0.25, -0.2) is 9.97 Å². The Morgan fingerprint density at radius 2 is 1.97 bits per heavy atom. The lowest BCUT2D eigenvalue weighted by atomic mass is 10.1. The third kappa shape index (κ3) is 3.79. The zero-order chi connectivity index (χ0) is 21.4. The molecule has 0 aliphatic carbocycles. The van der Waals surface area contributed by atoms with Crippen LogP contribution in [0.25, 0.3) is 10.2 Å². The molecule has 31 heavy (non-hydrogen) atoms. The first-order valence-corrected chi connectivity index (χ1v) is 11.2. The average Bonchev–Trinajstić information content (AvgIpc) is 3.38. The summed E-state index contributed by atoms with van der Waals surface area (Å²) < 4.78 is 16.5. The Hall–Kier alpha value is -2.91. The van der Waals surface area contributed by atoms with Crippen LogP contribution in [0.3, 0.4) is 0 Å². The van der Waals surface area contributed by atoms with Gasteiger partial charge in [0.15, 0.2) is 11.5 Å². The van der Waals surface area contributed by atoms with Gasteiger partial charge in [-0.15, -0.1) is 11.3 Å².